The van der Waals surface area contributed by atoms with E-state index in [4.69, 9.17) is 0 Å². The van der Waals surface area contributed by atoms with Gasteiger partial charge >= 0.3 is 0 Å². The van der Waals surface area contributed by atoms with Crippen LogP contribution in [-0.4, -0.2) is 59.5 Å². The molecule has 1 fully saturated rings. The zero-order chi connectivity index (χ0) is 20.3. The molecule has 0 saturated carbocycles. The van der Waals surface area contributed by atoms with Crippen molar-refractivity contribution in [3.05, 3.63) is 53.9 Å². The number of carbonyl (C=O) groups is 1. The first-order valence-electron chi connectivity index (χ1n) is 9.33. The fourth-order valence-electron chi connectivity index (χ4n) is 3.12. The predicted octanol–water partition coefficient (Wildman–Crippen LogP) is 2.09. The first-order valence-corrected chi connectivity index (χ1v) is 10.8. The molecule has 1 amide bonds. The third kappa shape index (κ3) is 4.51. The molecule has 0 N–H and O–H groups in total. The SMILES string of the molecule is CC(C)c1ccc(S(=O)(=O)N2CCN(C(=O)/C=C/c3cnn(C)c3)CC2)cc1. The number of aromatic nitrogens is 2. The van der Waals surface area contributed by atoms with E-state index in [-0.39, 0.29) is 5.91 Å². The van der Waals surface area contributed by atoms with E-state index in [0.717, 1.165) is 11.1 Å². The molecular weight excluding hydrogens is 376 g/mol. The second-order valence-electron chi connectivity index (χ2n) is 7.23. The fraction of sp³-hybridized carbons (Fsp3) is 0.400. The Morgan fingerprint density at radius 2 is 1.75 bits per heavy atom. The summed E-state index contributed by atoms with van der Waals surface area (Å²) in [5, 5.41) is 4.05. The largest absolute Gasteiger partial charge is 0.337 e. The highest BCUT2D eigenvalue weighted by molar-refractivity contribution is 7.89. The van der Waals surface area contributed by atoms with Crippen molar-refractivity contribution in [2.45, 2.75) is 24.7 Å². The van der Waals surface area contributed by atoms with E-state index in [1.54, 1.807) is 34.0 Å². The van der Waals surface area contributed by atoms with E-state index in [9.17, 15) is 13.2 Å². The number of amides is 1. The maximum Gasteiger partial charge on any atom is 0.246 e. The number of aryl methyl sites for hydroxylation is 1. The number of piperazine rings is 1. The van der Waals surface area contributed by atoms with E-state index >= 15 is 0 Å². The Kier molecular flexibility index (Phi) is 6.00. The number of hydrogen-bond donors (Lipinski definition) is 0. The van der Waals surface area contributed by atoms with Gasteiger partial charge < -0.3 is 4.90 Å². The van der Waals surface area contributed by atoms with Crippen molar-refractivity contribution in [1.29, 1.82) is 0 Å². The lowest BCUT2D eigenvalue weighted by Gasteiger charge is -2.33. The molecule has 1 aliphatic heterocycles. The summed E-state index contributed by atoms with van der Waals surface area (Å²) in [6.45, 7) is 5.48. The minimum atomic E-state index is -3.54. The van der Waals surface area contributed by atoms with Crippen LogP contribution in [0.3, 0.4) is 0 Å². The molecule has 0 unspecified atom stereocenters. The summed E-state index contributed by atoms with van der Waals surface area (Å²) in [6.07, 6.45) is 6.72. The van der Waals surface area contributed by atoms with Gasteiger partial charge in [-0.2, -0.15) is 9.40 Å². The van der Waals surface area contributed by atoms with Crippen LogP contribution >= 0.6 is 0 Å². The Balaban J connectivity index is 1.60. The second-order valence-corrected chi connectivity index (χ2v) is 9.17. The molecule has 7 nitrogen and oxygen atoms in total. The lowest BCUT2D eigenvalue weighted by Crippen LogP contribution is -2.50. The highest BCUT2D eigenvalue weighted by Crippen LogP contribution is 2.21. The molecule has 0 atom stereocenters. The van der Waals surface area contributed by atoms with Crippen LogP contribution in [0.2, 0.25) is 0 Å². The standard InChI is InChI=1S/C20H26N4O3S/c1-16(2)18-5-7-19(8-6-18)28(26,27)24-12-10-23(11-13-24)20(25)9-4-17-14-21-22(3)15-17/h4-9,14-16H,10-13H2,1-3H3/b9-4+. The molecule has 2 aromatic rings. The number of sulfonamides is 1. The molecule has 0 aliphatic carbocycles. The molecule has 150 valence electrons. The van der Waals surface area contributed by atoms with Gasteiger partial charge in [-0.05, 0) is 29.7 Å². The maximum atomic E-state index is 12.9. The van der Waals surface area contributed by atoms with E-state index in [1.807, 2.05) is 25.4 Å². The summed E-state index contributed by atoms with van der Waals surface area (Å²) < 4.78 is 28.8. The predicted molar refractivity (Wildman–Crippen MR) is 108 cm³/mol. The van der Waals surface area contributed by atoms with Gasteiger partial charge in [0.25, 0.3) is 0 Å². The van der Waals surface area contributed by atoms with Gasteiger partial charge in [0.05, 0.1) is 11.1 Å². The van der Waals surface area contributed by atoms with Gasteiger partial charge in [0.15, 0.2) is 0 Å². The topological polar surface area (TPSA) is 75.5 Å². The molecule has 2 heterocycles. The molecule has 1 aromatic heterocycles. The third-order valence-corrected chi connectivity index (χ3v) is 6.79. The van der Waals surface area contributed by atoms with Crippen molar-refractivity contribution < 1.29 is 13.2 Å². The Labute approximate surface area is 166 Å². The van der Waals surface area contributed by atoms with E-state index < -0.39 is 10.0 Å². The molecule has 1 saturated heterocycles. The number of benzene rings is 1. The van der Waals surface area contributed by atoms with Crippen LogP contribution in [0.5, 0.6) is 0 Å². The van der Waals surface area contributed by atoms with Crippen LogP contribution < -0.4 is 0 Å². The van der Waals surface area contributed by atoms with Gasteiger partial charge in [0.1, 0.15) is 0 Å². The first kappa shape index (κ1) is 20.3. The van der Waals surface area contributed by atoms with Crippen molar-refractivity contribution in [3.8, 4) is 0 Å². The molecule has 8 heteroatoms. The summed E-state index contributed by atoms with van der Waals surface area (Å²) in [6, 6.07) is 7.05. The molecule has 0 radical (unpaired) electrons. The molecule has 1 aromatic carbocycles. The highest BCUT2D eigenvalue weighted by Gasteiger charge is 2.29. The number of nitrogens with zero attached hydrogens (tertiary/aromatic N) is 4. The molecule has 3 rings (SSSR count). The smallest absolute Gasteiger partial charge is 0.246 e. The normalized spacial score (nSPS) is 16.2. The maximum absolute atomic E-state index is 12.9. The number of carbonyl (C=O) groups excluding carboxylic acids is 1. The van der Waals surface area contributed by atoms with E-state index in [1.165, 1.54) is 10.4 Å². The van der Waals surface area contributed by atoms with Crippen LogP contribution in [0.4, 0.5) is 0 Å². The van der Waals surface area contributed by atoms with Gasteiger partial charge in [-0.15, -0.1) is 0 Å². The molecule has 1 aliphatic rings. The van der Waals surface area contributed by atoms with Crippen LogP contribution in [0.25, 0.3) is 6.08 Å². The molecular formula is C20H26N4O3S. The second kappa shape index (κ2) is 8.28. The van der Waals surface area contributed by atoms with Crippen molar-refractivity contribution in [1.82, 2.24) is 19.0 Å². The zero-order valence-electron chi connectivity index (χ0n) is 16.4. The quantitative estimate of drug-likeness (QED) is 0.718. The van der Waals surface area contributed by atoms with Crippen molar-refractivity contribution in [2.75, 3.05) is 26.2 Å². The van der Waals surface area contributed by atoms with Gasteiger partial charge in [-0.25, -0.2) is 8.42 Å². The van der Waals surface area contributed by atoms with Gasteiger partial charge in [0.2, 0.25) is 15.9 Å². The zero-order valence-corrected chi connectivity index (χ0v) is 17.3. The first-order chi connectivity index (χ1) is 13.3. The average molecular weight is 403 g/mol. The lowest BCUT2D eigenvalue weighted by molar-refractivity contribution is -0.127. The summed E-state index contributed by atoms with van der Waals surface area (Å²) in [5.41, 5.74) is 1.96. The summed E-state index contributed by atoms with van der Waals surface area (Å²) in [4.78, 5) is 14.3. The van der Waals surface area contributed by atoms with Gasteiger partial charge in [0, 0.05) is 51.1 Å². The number of rotatable bonds is 5. The summed E-state index contributed by atoms with van der Waals surface area (Å²) in [7, 11) is -1.73. The van der Waals surface area contributed by atoms with Crippen LogP contribution in [-0.2, 0) is 21.9 Å². The Hall–Kier alpha value is -2.45. The van der Waals surface area contributed by atoms with Crippen LogP contribution in [0.1, 0.15) is 30.9 Å². The average Bonchev–Trinajstić information content (AvgIpc) is 3.11. The van der Waals surface area contributed by atoms with E-state index in [2.05, 4.69) is 18.9 Å². The van der Waals surface area contributed by atoms with Gasteiger partial charge in [-0.1, -0.05) is 26.0 Å². The van der Waals surface area contributed by atoms with Crippen molar-refractivity contribution in [3.63, 3.8) is 0 Å². The van der Waals surface area contributed by atoms with E-state index in [0.29, 0.717) is 37.0 Å². The summed E-state index contributed by atoms with van der Waals surface area (Å²) in [5.74, 6) is 0.230. The molecule has 28 heavy (non-hydrogen) atoms. The van der Waals surface area contributed by atoms with Crippen LogP contribution in [0, 0.1) is 0 Å². The Morgan fingerprint density at radius 1 is 1.11 bits per heavy atom. The Morgan fingerprint density at radius 3 is 2.29 bits per heavy atom. The van der Waals surface area contributed by atoms with Crippen LogP contribution in [0.15, 0.2) is 47.6 Å². The highest BCUT2D eigenvalue weighted by atomic mass is 32.2. The third-order valence-electron chi connectivity index (χ3n) is 4.88. The van der Waals surface area contributed by atoms with Crippen molar-refractivity contribution >= 4 is 22.0 Å². The fourth-order valence-corrected chi connectivity index (χ4v) is 4.54. The Bertz CT molecular complexity index is 954. The minimum Gasteiger partial charge on any atom is -0.337 e. The number of hydrogen-bond acceptors (Lipinski definition) is 4. The summed E-state index contributed by atoms with van der Waals surface area (Å²) >= 11 is 0. The monoisotopic (exact) mass is 402 g/mol. The molecule has 0 bridgehead atoms. The lowest BCUT2D eigenvalue weighted by atomic mass is 10.0. The molecule has 0 spiro atoms. The van der Waals surface area contributed by atoms with Crippen molar-refractivity contribution in [2.24, 2.45) is 7.05 Å². The van der Waals surface area contributed by atoms with Gasteiger partial charge in [-0.3, -0.25) is 9.48 Å². The minimum absolute atomic E-state index is 0.123.